The van der Waals surface area contributed by atoms with Crippen LogP contribution in [-0.4, -0.2) is 40.6 Å². The number of likely N-dealkylation sites (N-methyl/N-ethyl adjacent to an activating group) is 1. The van der Waals surface area contributed by atoms with Gasteiger partial charge in [0, 0.05) is 13.6 Å². The number of benzene rings is 1. The molecule has 0 bridgehead atoms. The Kier molecular flexibility index (Phi) is 4.76. The molecule has 1 N–H and O–H groups in total. The zero-order valence-corrected chi connectivity index (χ0v) is 14.6. The fourth-order valence-electron chi connectivity index (χ4n) is 2.94. The van der Waals surface area contributed by atoms with Gasteiger partial charge in [0.15, 0.2) is 0 Å². The minimum atomic E-state index is -0.211. The normalized spacial score (nSPS) is 12.6. The van der Waals surface area contributed by atoms with Gasteiger partial charge in [0.1, 0.15) is 12.3 Å². The van der Waals surface area contributed by atoms with Crippen LogP contribution >= 0.6 is 0 Å². The summed E-state index contributed by atoms with van der Waals surface area (Å²) in [5.74, 6) is 0.574. The number of amides is 1. The number of nitrogens with zero attached hydrogens (tertiary/aromatic N) is 3. The molecule has 7 nitrogen and oxygen atoms in total. The van der Waals surface area contributed by atoms with Crippen molar-refractivity contribution < 1.29 is 9.21 Å². The number of carbonyl (C=O) groups excluding carboxylic acids is 1. The summed E-state index contributed by atoms with van der Waals surface area (Å²) in [6.07, 6.45) is 1.61. The van der Waals surface area contributed by atoms with Crippen molar-refractivity contribution in [2.45, 2.75) is 12.6 Å². The minimum absolute atomic E-state index is 0.0154. The third-order valence-electron chi connectivity index (χ3n) is 4.34. The molecule has 0 spiro atoms. The molecule has 3 aromatic rings. The van der Waals surface area contributed by atoms with Gasteiger partial charge in [-0.2, -0.15) is 0 Å². The number of fused-ring (bicyclic) bond motifs is 1. The van der Waals surface area contributed by atoms with Gasteiger partial charge in [-0.25, -0.2) is 4.79 Å². The molecule has 0 radical (unpaired) electrons. The highest BCUT2D eigenvalue weighted by atomic mass is 16.3. The Morgan fingerprint density at radius 3 is 2.56 bits per heavy atom. The average Bonchev–Trinajstić information content (AvgIpc) is 3.19. The number of hydrogen-bond donors (Lipinski definition) is 1. The maximum atomic E-state index is 12.4. The Balaban J connectivity index is 1.73. The Bertz CT molecular complexity index is 922. The van der Waals surface area contributed by atoms with Crippen LogP contribution in [0.4, 0.5) is 0 Å². The molecule has 0 saturated carbocycles. The summed E-state index contributed by atoms with van der Waals surface area (Å²) in [5, 5.41) is 2.89. The van der Waals surface area contributed by atoms with E-state index in [0.29, 0.717) is 6.54 Å². The summed E-state index contributed by atoms with van der Waals surface area (Å²) in [5.41, 5.74) is 1.36. The highest BCUT2D eigenvalue weighted by Crippen LogP contribution is 2.17. The SMILES string of the molecule is CN(C)C(CNC(=O)Cn1c(=O)n(C)c2ccccc21)c1ccco1. The first-order valence-corrected chi connectivity index (χ1v) is 8.10. The molecule has 1 unspecified atom stereocenters. The second-order valence-corrected chi connectivity index (χ2v) is 6.22. The predicted molar refractivity (Wildman–Crippen MR) is 95.3 cm³/mol. The van der Waals surface area contributed by atoms with Crippen molar-refractivity contribution in [2.75, 3.05) is 20.6 Å². The highest BCUT2D eigenvalue weighted by molar-refractivity contribution is 5.80. The van der Waals surface area contributed by atoms with Crippen LogP contribution in [0.3, 0.4) is 0 Å². The third kappa shape index (κ3) is 3.36. The van der Waals surface area contributed by atoms with Crippen molar-refractivity contribution in [1.29, 1.82) is 0 Å². The zero-order valence-electron chi connectivity index (χ0n) is 14.6. The molecule has 0 aliphatic carbocycles. The lowest BCUT2D eigenvalue weighted by molar-refractivity contribution is -0.121. The summed E-state index contributed by atoms with van der Waals surface area (Å²) in [7, 11) is 5.56. The van der Waals surface area contributed by atoms with Gasteiger partial charge in [-0.05, 0) is 38.4 Å². The molecule has 2 aromatic heterocycles. The standard InChI is InChI=1S/C18H22N4O3/c1-20(2)15(16-9-6-10-25-16)11-19-17(23)12-22-14-8-5-4-7-13(14)21(3)18(22)24/h4-10,15H,11-12H2,1-3H3,(H,19,23). The molecule has 2 heterocycles. The van der Waals surface area contributed by atoms with E-state index < -0.39 is 0 Å². The van der Waals surface area contributed by atoms with Gasteiger partial charge < -0.3 is 9.73 Å². The minimum Gasteiger partial charge on any atom is -0.468 e. The predicted octanol–water partition coefficient (Wildman–Crippen LogP) is 1.35. The number of rotatable bonds is 6. The number of para-hydroxylation sites is 2. The van der Waals surface area contributed by atoms with E-state index in [4.69, 9.17) is 4.42 Å². The van der Waals surface area contributed by atoms with E-state index in [1.807, 2.05) is 55.4 Å². The molecule has 132 valence electrons. The van der Waals surface area contributed by atoms with Crippen molar-refractivity contribution >= 4 is 16.9 Å². The lowest BCUT2D eigenvalue weighted by Gasteiger charge is -2.22. The number of carbonyl (C=O) groups is 1. The molecule has 3 rings (SSSR count). The lowest BCUT2D eigenvalue weighted by Crippen LogP contribution is -2.37. The highest BCUT2D eigenvalue weighted by Gasteiger charge is 2.19. The van der Waals surface area contributed by atoms with Crippen LogP contribution in [0.1, 0.15) is 11.8 Å². The molecule has 0 saturated heterocycles. The number of nitrogens with one attached hydrogen (secondary N) is 1. The maximum absolute atomic E-state index is 12.4. The second-order valence-electron chi connectivity index (χ2n) is 6.22. The Labute approximate surface area is 145 Å². The monoisotopic (exact) mass is 342 g/mol. The van der Waals surface area contributed by atoms with Crippen LogP contribution in [0.15, 0.2) is 51.9 Å². The van der Waals surface area contributed by atoms with E-state index in [0.717, 1.165) is 16.8 Å². The molecule has 0 aliphatic heterocycles. The largest absolute Gasteiger partial charge is 0.468 e. The molecule has 0 fully saturated rings. The Morgan fingerprint density at radius 2 is 1.92 bits per heavy atom. The lowest BCUT2D eigenvalue weighted by atomic mass is 10.2. The van der Waals surface area contributed by atoms with E-state index >= 15 is 0 Å². The van der Waals surface area contributed by atoms with Crippen LogP contribution in [-0.2, 0) is 18.4 Å². The van der Waals surface area contributed by atoms with Gasteiger partial charge in [0.25, 0.3) is 0 Å². The molecular formula is C18H22N4O3. The summed E-state index contributed by atoms with van der Waals surface area (Å²) >= 11 is 0. The van der Waals surface area contributed by atoms with Crippen LogP contribution in [0.25, 0.3) is 11.0 Å². The van der Waals surface area contributed by atoms with Gasteiger partial charge in [0.2, 0.25) is 5.91 Å². The van der Waals surface area contributed by atoms with E-state index in [1.54, 1.807) is 17.9 Å². The maximum Gasteiger partial charge on any atom is 0.329 e. The van der Waals surface area contributed by atoms with Crippen molar-refractivity contribution in [3.05, 3.63) is 58.9 Å². The van der Waals surface area contributed by atoms with Crippen LogP contribution in [0, 0.1) is 0 Å². The number of furan rings is 1. The molecule has 7 heteroatoms. The molecule has 1 aromatic carbocycles. The van der Waals surface area contributed by atoms with Gasteiger partial charge in [0.05, 0.1) is 23.3 Å². The van der Waals surface area contributed by atoms with Crippen molar-refractivity contribution in [1.82, 2.24) is 19.4 Å². The number of aryl methyl sites for hydroxylation is 1. The van der Waals surface area contributed by atoms with E-state index in [-0.39, 0.29) is 24.2 Å². The van der Waals surface area contributed by atoms with E-state index in [2.05, 4.69) is 5.32 Å². The average molecular weight is 342 g/mol. The smallest absolute Gasteiger partial charge is 0.329 e. The summed E-state index contributed by atoms with van der Waals surface area (Å²) in [6.45, 7) is 0.386. The third-order valence-corrected chi connectivity index (χ3v) is 4.34. The molecule has 0 aliphatic rings. The first-order chi connectivity index (χ1) is 12.0. The number of hydrogen-bond acceptors (Lipinski definition) is 4. The zero-order chi connectivity index (χ0) is 18.0. The van der Waals surface area contributed by atoms with Crippen LogP contribution < -0.4 is 11.0 Å². The van der Waals surface area contributed by atoms with Gasteiger partial charge in [-0.1, -0.05) is 12.1 Å². The van der Waals surface area contributed by atoms with E-state index in [1.165, 1.54) is 4.57 Å². The molecular weight excluding hydrogens is 320 g/mol. The van der Waals surface area contributed by atoms with Crippen molar-refractivity contribution in [3.63, 3.8) is 0 Å². The van der Waals surface area contributed by atoms with Gasteiger partial charge in [-0.15, -0.1) is 0 Å². The molecule has 25 heavy (non-hydrogen) atoms. The van der Waals surface area contributed by atoms with Crippen LogP contribution in [0.2, 0.25) is 0 Å². The van der Waals surface area contributed by atoms with Crippen LogP contribution in [0.5, 0.6) is 0 Å². The second kappa shape index (κ2) is 6.98. The van der Waals surface area contributed by atoms with E-state index in [9.17, 15) is 9.59 Å². The number of imidazole rings is 1. The van der Waals surface area contributed by atoms with Crippen molar-refractivity contribution in [3.8, 4) is 0 Å². The Hall–Kier alpha value is -2.80. The molecule has 1 amide bonds. The van der Waals surface area contributed by atoms with Crippen molar-refractivity contribution in [2.24, 2.45) is 7.05 Å². The first-order valence-electron chi connectivity index (χ1n) is 8.10. The first kappa shape index (κ1) is 17.0. The summed E-state index contributed by atoms with van der Waals surface area (Å²) in [6, 6.07) is 11.1. The molecule has 1 atom stereocenters. The van der Waals surface area contributed by atoms with Gasteiger partial charge in [-0.3, -0.25) is 18.8 Å². The fourth-order valence-corrected chi connectivity index (χ4v) is 2.94. The number of aromatic nitrogens is 2. The summed E-state index contributed by atoms with van der Waals surface area (Å²) < 4.78 is 8.47. The fraction of sp³-hybridized carbons (Fsp3) is 0.333. The quantitative estimate of drug-likeness (QED) is 0.734. The summed E-state index contributed by atoms with van der Waals surface area (Å²) in [4.78, 5) is 26.7. The topological polar surface area (TPSA) is 72.4 Å². The van der Waals surface area contributed by atoms with Gasteiger partial charge >= 0.3 is 5.69 Å². The Morgan fingerprint density at radius 1 is 1.20 bits per heavy atom.